The van der Waals surface area contributed by atoms with Crippen LogP contribution in [0.4, 0.5) is 5.82 Å². The van der Waals surface area contributed by atoms with Gasteiger partial charge in [0.2, 0.25) is 0 Å². The Morgan fingerprint density at radius 3 is 2.90 bits per heavy atom. The minimum absolute atomic E-state index is 0.740. The molecule has 1 aliphatic rings. The van der Waals surface area contributed by atoms with Crippen LogP contribution >= 0.6 is 0 Å². The van der Waals surface area contributed by atoms with Crippen LogP contribution in [0.25, 0.3) is 0 Å². The lowest BCUT2D eigenvalue weighted by Gasteiger charge is -2.36. The standard InChI is InChI=1S/C17H29N3/c1-4-10-18-17-12-15(9-11-19-17)13-20(3)16-8-6-5-7-14(16)2/h9,11-12,14,16H,4-8,10,13H2,1-3H3,(H,18,19). The van der Waals surface area contributed by atoms with Crippen molar-refractivity contribution in [2.45, 2.75) is 58.5 Å². The van der Waals surface area contributed by atoms with E-state index < -0.39 is 0 Å². The van der Waals surface area contributed by atoms with E-state index in [1.807, 2.05) is 6.20 Å². The molecule has 20 heavy (non-hydrogen) atoms. The number of nitrogens with one attached hydrogen (secondary N) is 1. The molecule has 112 valence electrons. The second-order valence-electron chi connectivity index (χ2n) is 6.22. The Kier molecular flexibility index (Phi) is 5.84. The number of pyridine rings is 1. The molecule has 0 aliphatic heterocycles. The van der Waals surface area contributed by atoms with Crippen molar-refractivity contribution in [2.24, 2.45) is 5.92 Å². The molecule has 1 fully saturated rings. The molecule has 0 aromatic carbocycles. The van der Waals surface area contributed by atoms with Gasteiger partial charge >= 0.3 is 0 Å². The third-order valence-electron chi connectivity index (χ3n) is 4.44. The molecule has 2 atom stereocenters. The molecule has 0 saturated heterocycles. The average molecular weight is 275 g/mol. The second-order valence-corrected chi connectivity index (χ2v) is 6.22. The van der Waals surface area contributed by atoms with Crippen molar-refractivity contribution in [3.8, 4) is 0 Å². The molecule has 3 nitrogen and oxygen atoms in total. The van der Waals surface area contributed by atoms with Crippen LogP contribution < -0.4 is 5.32 Å². The number of anilines is 1. The smallest absolute Gasteiger partial charge is 0.126 e. The molecule has 1 saturated carbocycles. The average Bonchev–Trinajstić information content (AvgIpc) is 2.46. The lowest BCUT2D eigenvalue weighted by molar-refractivity contribution is 0.133. The van der Waals surface area contributed by atoms with Gasteiger partial charge in [-0.2, -0.15) is 0 Å². The predicted octanol–water partition coefficient (Wildman–Crippen LogP) is 3.91. The summed E-state index contributed by atoms with van der Waals surface area (Å²) < 4.78 is 0. The zero-order valence-electron chi connectivity index (χ0n) is 13.2. The molecule has 1 heterocycles. The van der Waals surface area contributed by atoms with E-state index in [9.17, 15) is 0 Å². The highest BCUT2D eigenvalue weighted by Gasteiger charge is 2.24. The monoisotopic (exact) mass is 275 g/mol. The van der Waals surface area contributed by atoms with Gasteiger partial charge in [-0.05, 0) is 49.9 Å². The molecule has 1 aliphatic carbocycles. The number of hydrogen-bond donors (Lipinski definition) is 1. The van der Waals surface area contributed by atoms with Crippen molar-refractivity contribution in [3.63, 3.8) is 0 Å². The van der Waals surface area contributed by atoms with Gasteiger partial charge in [-0.3, -0.25) is 4.90 Å². The highest BCUT2D eigenvalue weighted by molar-refractivity contribution is 5.37. The lowest BCUT2D eigenvalue weighted by Crippen LogP contribution is -2.38. The number of hydrogen-bond acceptors (Lipinski definition) is 3. The molecular weight excluding hydrogens is 246 g/mol. The molecule has 0 bridgehead atoms. The van der Waals surface area contributed by atoms with Gasteiger partial charge in [-0.15, -0.1) is 0 Å². The van der Waals surface area contributed by atoms with E-state index in [1.165, 1.54) is 31.2 Å². The quantitative estimate of drug-likeness (QED) is 0.853. The van der Waals surface area contributed by atoms with Crippen LogP contribution in [0.3, 0.4) is 0 Å². The van der Waals surface area contributed by atoms with Gasteiger partial charge in [0.15, 0.2) is 0 Å². The first-order valence-electron chi connectivity index (χ1n) is 8.09. The maximum atomic E-state index is 4.38. The molecule has 3 heteroatoms. The minimum Gasteiger partial charge on any atom is -0.370 e. The van der Waals surface area contributed by atoms with Crippen LogP contribution in [0.5, 0.6) is 0 Å². The van der Waals surface area contributed by atoms with E-state index in [-0.39, 0.29) is 0 Å². The summed E-state index contributed by atoms with van der Waals surface area (Å²) in [5.41, 5.74) is 1.36. The van der Waals surface area contributed by atoms with E-state index in [0.717, 1.165) is 37.3 Å². The van der Waals surface area contributed by atoms with Crippen LogP contribution in [0.1, 0.15) is 51.5 Å². The van der Waals surface area contributed by atoms with Gasteiger partial charge in [0.05, 0.1) is 0 Å². The SMILES string of the molecule is CCCNc1cc(CN(C)C2CCCCC2C)ccn1. The summed E-state index contributed by atoms with van der Waals surface area (Å²) in [6, 6.07) is 5.07. The van der Waals surface area contributed by atoms with Gasteiger partial charge in [0, 0.05) is 25.3 Å². The van der Waals surface area contributed by atoms with Crippen molar-refractivity contribution < 1.29 is 0 Å². The highest BCUT2D eigenvalue weighted by atomic mass is 15.1. The largest absolute Gasteiger partial charge is 0.370 e. The Morgan fingerprint density at radius 1 is 1.35 bits per heavy atom. The van der Waals surface area contributed by atoms with Crippen LogP contribution in [0, 0.1) is 5.92 Å². The van der Waals surface area contributed by atoms with Crippen LogP contribution in [0.2, 0.25) is 0 Å². The fourth-order valence-electron chi connectivity index (χ4n) is 3.28. The number of rotatable bonds is 6. The summed E-state index contributed by atoms with van der Waals surface area (Å²) in [5.74, 6) is 1.84. The Bertz CT molecular complexity index is 405. The first-order valence-corrected chi connectivity index (χ1v) is 8.09. The maximum Gasteiger partial charge on any atom is 0.126 e. The number of nitrogens with zero attached hydrogens (tertiary/aromatic N) is 2. The van der Waals surface area contributed by atoms with Gasteiger partial charge in [0.1, 0.15) is 5.82 Å². The van der Waals surface area contributed by atoms with E-state index in [4.69, 9.17) is 0 Å². The van der Waals surface area contributed by atoms with E-state index >= 15 is 0 Å². The summed E-state index contributed by atoms with van der Waals surface area (Å²) in [6.07, 6.45) is 8.58. The third kappa shape index (κ3) is 4.20. The van der Waals surface area contributed by atoms with Crippen LogP contribution in [-0.4, -0.2) is 29.5 Å². The molecule has 0 amide bonds. The van der Waals surface area contributed by atoms with Crippen LogP contribution in [0.15, 0.2) is 18.3 Å². The van der Waals surface area contributed by atoms with E-state index in [1.54, 1.807) is 0 Å². The van der Waals surface area contributed by atoms with E-state index in [0.29, 0.717) is 0 Å². The Morgan fingerprint density at radius 2 is 2.15 bits per heavy atom. The minimum atomic E-state index is 0.740. The fourth-order valence-corrected chi connectivity index (χ4v) is 3.28. The first-order chi connectivity index (χ1) is 9.70. The van der Waals surface area contributed by atoms with Crippen molar-refractivity contribution in [2.75, 3.05) is 18.9 Å². The predicted molar refractivity (Wildman–Crippen MR) is 85.9 cm³/mol. The zero-order chi connectivity index (χ0) is 14.4. The molecule has 2 rings (SSSR count). The molecule has 1 aromatic heterocycles. The van der Waals surface area contributed by atoms with Crippen molar-refractivity contribution in [3.05, 3.63) is 23.9 Å². The van der Waals surface area contributed by atoms with E-state index in [2.05, 4.69) is 48.2 Å². The van der Waals surface area contributed by atoms with Crippen molar-refractivity contribution in [1.82, 2.24) is 9.88 Å². The molecule has 0 radical (unpaired) electrons. The summed E-state index contributed by atoms with van der Waals surface area (Å²) >= 11 is 0. The molecule has 1 N–H and O–H groups in total. The number of aromatic nitrogens is 1. The summed E-state index contributed by atoms with van der Waals surface area (Å²) in [6.45, 7) is 6.60. The summed E-state index contributed by atoms with van der Waals surface area (Å²) in [4.78, 5) is 6.91. The molecular formula is C17H29N3. The first kappa shape index (κ1) is 15.3. The van der Waals surface area contributed by atoms with Gasteiger partial charge in [-0.25, -0.2) is 4.98 Å². The topological polar surface area (TPSA) is 28.2 Å². The molecule has 2 unspecified atom stereocenters. The zero-order valence-corrected chi connectivity index (χ0v) is 13.2. The van der Waals surface area contributed by atoms with Gasteiger partial charge in [-0.1, -0.05) is 26.7 Å². The maximum absolute atomic E-state index is 4.38. The van der Waals surface area contributed by atoms with Crippen molar-refractivity contribution in [1.29, 1.82) is 0 Å². The second kappa shape index (κ2) is 7.63. The van der Waals surface area contributed by atoms with Gasteiger partial charge < -0.3 is 5.32 Å². The Balaban J connectivity index is 1.94. The molecule has 0 spiro atoms. The Labute approximate surface area is 123 Å². The summed E-state index contributed by atoms with van der Waals surface area (Å²) in [5, 5.41) is 3.37. The molecule has 1 aromatic rings. The fraction of sp³-hybridized carbons (Fsp3) is 0.706. The lowest BCUT2D eigenvalue weighted by atomic mass is 9.85. The third-order valence-corrected chi connectivity index (χ3v) is 4.44. The Hall–Kier alpha value is -1.09. The van der Waals surface area contributed by atoms with Gasteiger partial charge in [0.25, 0.3) is 0 Å². The van der Waals surface area contributed by atoms with Crippen molar-refractivity contribution >= 4 is 5.82 Å². The summed E-state index contributed by atoms with van der Waals surface area (Å²) in [7, 11) is 2.27. The normalized spacial score (nSPS) is 23.0. The van der Waals surface area contributed by atoms with Crippen LogP contribution in [-0.2, 0) is 6.54 Å². The highest BCUT2D eigenvalue weighted by Crippen LogP contribution is 2.28.